The molecule has 0 aliphatic heterocycles. The van der Waals surface area contributed by atoms with Gasteiger partial charge in [0, 0.05) is 5.56 Å². The summed E-state index contributed by atoms with van der Waals surface area (Å²) in [5, 5.41) is 0. The summed E-state index contributed by atoms with van der Waals surface area (Å²) in [6, 6.07) is 6.32. The Labute approximate surface area is 142 Å². The third kappa shape index (κ3) is 6.06. The Bertz CT molecular complexity index is 738. The van der Waals surface area contributed by atoms with Crippen molar-refractivity contribution in [2.24, 2.45) is 0 Å². The van der Waals surface area contributed by atoms with Gasteiger partial charge in [-0.05, 0) is 32.9 Å². The van der Waals surface area contributed by atoms with E-state index < -0.39 is 24.4 Å². The maximum Gasteiger partial charge on any atom is 0.422 e. The fourth-order valence-electron chi connectivity index (χ4n) is 1.83. The van der Waals surface area contributed by atoms with Crippen LogP contribution in [0.25, 0.3) is 11.3 Å². The third-order valence-corrected chi connectivity index (χ3v) is 2.81. The highest BCUT2D eigenvalue weighted by Gasteiger charge is 2.28. The molecular weight excluding hydrogens is 337 g/mol. The average molecular weight is 354 g/mol. The SMILES string of the molecule is CC(C)(C)OC(=O)c1ccc(-c2cncc(OCC(F)(F)F)n2)cc1. The highest BCUT2D eigenvalue weighted by molar-refractivity contribution is 5.90. The molecule has 0 bridgehead atoms. The van der Waals surface area contributed by atoms with Crippen molar-refractivity contribution in [3.05, 3.63) is 42.2 Å². The molecule has 0 radical (unpaired) electrons. The highest BCUT2D eigenvalue weighted by Crippen LogP contribution is 2.22. The Morgan fingerprint density at radius 1 is 1.08 bits per heavy atom. The molecule has 1 heterocycles. The number of ether oxygens (including phenoxy) is 2. The van der Waals surface area contributed by atoms with Gasteiger partial charge in [0.15, 0.2) is 6.61 Å². The van der Waals surface area contributed by atoms with E-state index in [1.807, 2.05) is 0 Å². The number of carbonyl (C=O) groups excluding carboxylic acids is 1. The van der Waals surface area contributed by atoms with E-state index in [4.69, 9.17) is 4.74 Å². The number of esters is 1. The third-order valence-electron chi connectivity index (χ3n) is 2.81. The molecule has 0 unspecified atom stereocenters. The minimum atomic E-state index is -4.45. The van der Waals surface area contributed by atoms with Crippen LogP contribution in [0.2, 0.25) is 0 Å². The molecule has 25 heavy (non-hydrogen) atoms. The normalized spacial score (nSPS) is 11.9. The zero-order chi connectivity index (χ0) is 18.7. The maximum atomic E-state index is 12.2. The van der Waals surface area contributed by atoms with E-state index in [1.165, 1.54) is 6.20 Å². The van der Waals surface area contributed by atoms with Gasteiger partial charge in [-0.25, -0.2) is 9.78 Å². The first-order valence-electron chi connectivity index (χ1n) is 7.39. The van der Waals surface area contributed by atoms with E-state index in [0.29, 0.717) is 16.8 Å². The van der Waals surface area contributed by atoms with Gasteiger partial charge >= 0.3 is 12.1 Å². The van der Waals surface area contributed by atoms with E-state index in [-0.39, 0.29) is 5.88 Å². The molecule has 5 nitrogen and oxygen atoms in total. The van der Waals surface area contributed by atoms with E-state index in [0.717, 1.165) is 6.20 Å². The van der Waals surface area contributed by atoms with Gasteiger partial charge < -0.3 is 9.47 Å². The minimum Gasteiger partial charge on any atom is -0.467 e. The van der Waals surface area contributed by atoms with Gasteiger partial charge in [0.2, 0.25) is 5.88 Å². The predicted molar refractivity (Wildman–Crippen MR) is 84.2 cm³/mol. The summed E-state index contributed by atoms with van der Waals surface area (Å²) in [7, 11) is 0. The first kappa shape index (κ1) is 18.7. The standard InChI is InChI=1S/C17H17F3N2O3/c1-16(2,3)25-15(23)12-6-4-11(5-7-12)13-8-21-9-14(22-13)24-10-17(18,19)20/h4-9H,10H2,1-3H3. The monoisotopic (exact) mass is 354 g/mol. The van der Waals surface area contributed by atoms with Gasteiger partial charge in [-0.3, -0.25) is 4.98 Å². The average Bonchev–Trinajstić information content (AvgIpc) is 2.51. The number of alkyl halides is 3. The van der Waals surface area contributed by atoms with Crippen LogP contribution in [0.5, 0.6) is 5.88 Å². The summed E-state index contributed by atoms with van der Waals surface area (Å²) in [6.07, 6.45) is -1.96. The summed E-state index contributed by atoms with van der Waals surface area (Å²) in [4.78, 5) is 19.8. The van der Waals surface area contributed by atoms with Gasteiger partial charge in [-0.2, -0.15) is 13.2 Å². The van der Waals surface area contributed by atoms with Crippen LogP contribution in [0, 0.1) is 0 Å². The fraction of sp³-hybridized carbons (Fsp3) is 0.353. The first-order valence-corrected chi connectivity index (χ1v) is 7.39. The second-order valence-electron chi connectivity index (χ2n) is 6.23. The summed E-state index contributed by atoms with van der Waals surface area (Å²) in [6.45, 7) is 3.85. The van der Waals surface area contributed by atoms with E-state index in [1.54, 1.807) is 45.0 Å². The number of rotatable bonds is 4. The Hall–Kier alpha value is -2.64. The summed E-state index contributed by atoms with van der Waals surface area (Å²) in [5.74, 6) is -0.696. The van der Waals surface area contributed by atoms with Crippen LogP contribution in [-0.4, -0.2) is 34.3 Å². The van der Waals surface area contributed by atoms with Crippen molar-refractivity contribution >= 4 is 5.97 Å². The lowest BCUT2D eigenvalue weighted by atomic mass is 10.1. The molecule has 1 aromatic carbocycles. The molecule has 2 rings (SSSR count). The Morgan fingerprint density at radius 2 is 1.72 bits per heavy atom. The number of halogens is 3. The predicted octanol–water partition coefficient (Wildman–Crippen LogP) is 4.04. The lowest BCUT2D eigenvalue weighted by molar-refractivity contribution is -0.154. The molecule has 2 aromatic rings. The number of carbonyl (C=O) groups is 1. The van der Waals surface area contributed by atoms with Crippen LogP contribution in [0.4, 0.5) is 13.2 Å². The van der Waals surface area contributed by atoms with Crippen molar-refractivity contribution in [2.75, 3.05) is 6.61 Å². The molecule has 0 saturated heterocycles. The summed E-state index contributed by atoms with van der Waals surface area (Å²) in [5.41, 5.74) is 0.662. The molecule has 0 atom stereocenters. The Morgan fingerprint density at radius 3 is 2.28 bits per heavy atom. The van der Waals surface area contributed by atoms with E-state index >= 15 is 0 Å². The van der Waals surface area contributed by atoms with Crippen molar-refractivity contribution in [2.45, 2.75) is 32.5 Å². The van der Waals surface area contributed by atoms with Gasteiger partial charge in [-0.1, -0.05) is 12.1 Å². The molecule has 8 heteroatoms. The van der Waals surface area contributed by atoms with Gasteiger partial charge in [0.1, 0.15) is 5.60 Å². The number of aromatic nitrogens is 2. The van der Waals surface area contributed by atoms with Crippen LogP contribution in [0.15, 0.2) is 36.7 Å². The number of benzene rings is 1. The Kier molecular flexibility index (Phi) is 5.30. The van der Waals surface area contributed by atoms with Crippen molar-refractivity contribution in [3.8, 4) is 17.1 Å². The highest BCUT2D eigenvalue weighted by atomic mass is 19.4. The van der Waals surface area contributed by atoms with Crippen molar-refractivity contribution in [3.63, 3.8) is 0 Å². The molecule has 0 spiro atoms. The van der Waals surface area contributed by atoms with Gasteiger partial charge in [0.25, 0.3) is 0 Å². The quantitative estimate of drug-likeness (QED) is 0.776. The van der Waals surface area contributed by atoms with Crippen molar-refractivity contribution in [1.29, 1.82) is 0 Å². The maximum absolute atomic E-state index is 12.2. The topological polar surface area (TPSA) is 61.3 Å². The minimum absolute atomic E-state index is 0.231. The number of nitrogens with zero attached hydrogens (tertiary/aromatic N) is 2. The van der Waals surface area contributed by atoms with Gasteiger partial charge in [-0.15, -0.1) is 0 Å². The van der Waals surface area contributed by atoms with Crippen LogP contribution in [-0.2, 0) is 4.74 Å². The van der Waals surface area contributed by atoms with Crippen molar-refractivity contribution in [1.82, 2.24) is 9.97 Å². The number of hydrogen-bond donors (Lipinski definition) is 0. The van der Waals surface area contributed by atoms with Crippen LogP contribution in [0.3, 0.4) is 0 Å². The molecule has 1 aromatic heterocycles. The van der Waals surface area contributed by atoms with Gasteiger partial charge in [0.05, 0.1) is 23.7 Å². The van der Waals surface area contributed by atoms with Crippen LogP contribution in [0.1, 0.15) is 31.1 Å². The smallest absolute Gasteiger partial charge is 0.422 e. The fourth-order valence-corrected chi connectivity index (χ4v) is 1.83. The summed E-state index contributed by atoms with van der Waals surface area (Å²) >= 11 is 0. The lowest BCUT2D eigenvalue weighted by Gasteiger charge is -2.19. The summed E-state index contributed by atoms with van der Waals surface area (Å²) < 4.78 is 46.4. The van der Waals surface area contributed by atoms with Crippen LogP contribution < -0.4 is 4.74 Å². The molecule has 0 aliphatic rings. The molecule has 0 aliphatic carbocycles. The van der Waals surface area contributed by atoms with E-state index in [9.17, 15) is 18.0 Å². The molecule has 0 amide bonds. The zero-order valence-corrected chi connectivity index (χ0v) is 13.9. The molecule has 0 saturated carbocycles. The zero-order valence-electron chi connectivity index (χ0n) is 13.9. The Balaban J connectivity index is 2.13. The number of hydrogen-bond acceptors (Lipinski definition) is 5. The van der Waals surface area contributed by atoms with E-state index in [2.05, 4.69) is 14.7 Å². The molecular formula is C17H17F3N2O3. The van der Waals surface area contributed by atoms with Crippen LogP contribution >= 0.6 is 0 Å². The van der Waals surface area contributed by atoms with Crippen molar-refractivity contribution < 1.29 is 27.4 Å². The lowest BCUT2D eigenvalue weighted by Crippen LogP contribution is -2.23. The largest absolute Gasteiger partial charge is 0.467 e. The first-order chi connectivity index (χ1) is 11.5. The molecule has 0 N–H and O–H groups in total. The second-order valence-corrected chi connectivity index (χ2v) is 6.23. The molecule has 0 fully saturated rings. The second kappa shape index (κ2) is 7.08. The molecule has 134 valence electrons.